The zero-order chi connectivity index (χ0) is 13.8. The number of nitrogens with zero attached hydrogens (tertiary/aromatic N) is 2. The first-order chi connectivity index (χ1) is 9.10. The second kappa shape index (κ2) is 5.94. The quantitative estimate of drug-likeness (QED) is 0.592. The molecule has 1 amide bonds. The fourth-order valence-corrected chi connectivity index (χ4v) is 1.98. The molecule has 1 aromatic rings. The van der Waals surface area contributed by atoms with Crippen molar-refractivity contribution < 1.29 is 14.3 Å². The molecule has 1 atom stereocenters. The summed E-state index contributed by atoms with van der Waals surface area (Å²) in [6.07, 6.45) is 0.724. The summed E-state index contributed by atoms with van der Waals surface area (Å²) < 4.78 is 4.57. The second-order valence-corrected chi connectivity index (χ2v) is 4.36. The molecule has 1 aliphatic heterocycles. The highest BCUT2D eigenvalue weighted by Crippen LogP contribution is 2.08. The lowest BCUT2D eigenvalue weighted by Gasteiger charge is -2.09. The van der Waals surface area contributed by atoms with E-state index in [-0.39, 0.29) is 22.9 Å². The molecule has 8 heteroatoms. The maximum atomic E-state index is 11.4. The molecule has 1 aliphatic rings. The van der Waals surface area contributed by atoms with Gasteiger partial charge >= 0.3 is 5.97 Å². The minimum absolute atomic E-state index is 0.0319. The highest BCUT2D eigenvalue weighted by Gasteiger charge is 2.23. The SMILES string of the molecule is COC(=O)c1cc(CN[C@H]2CCNC2=O)nc(Cl)n1. The van der Waals surface area contributed by atoms with Crippen molar-refractivity contribution in [1.82, 2.24) is 20.6 Å². The van der Waals surface area contributed by atoms with Gasteiger partial charge in [-0.25, -0.2) is 14.8 Å². The molecule has 19 heavy (non-hydrogen) atoms. The van der Waals surface area contributed by atoms with Crippen molar-refractivity contribution in [3.8, 4) is 0 Å². The summed E-state index contributed by atoms with van der Waals surface area (Å²) in [7, 11) is 1.26. The minimum atomic E-state index is -0.579. The van der Waals surface area contributed by atoms with Gasteiger partial charge in [0.1, 0.15) is 0 Å². The van der Waals surface area contributed by atoms with Crippen molar-refractivity contribution in [2.24, 2.45) is 0 Å². The number of halogens is 1. The number of hydrogen-bond acceptors (Lipinski definition) is 6. The molecule has 0 bridgehead atoms. The monoisotopic (exact) mass is 284 g/mol. The van der Waals surface area contributed by atoms with E-state index in [4.69, 9.17) is 11.6 Å². The molecule has 0 spiro atoms. The van der Waals surface area contributed by atoms with Crippen LogP contribution in [0.5, 0.6) is 0 Å². The Morgan fingerprint density at radius 3 is 3.05 bits per heavy atom. The number of ether oxygens (including phenoxy) is 1. The number of amides is 1. The van der Waals surface area contributed by atoms with Crippen molar-refractivity contribution in [3.63, 3.8) is 0 Å². The van der Waals surface area contributed by atoms with Crippen LogP contribution in [-0.4, -0.2) is 41.5 Å². The van der Waals surface area contributed by atoms with Gasteiger partial charge in [0.25, 0.3) is 0 Å². The summed E-state index contributed by atoms with van der Waals surface area (Å²) >= 11 is 5.74. The molecule has 1 aromatic heterocycles. The van der Waals surface area contributed by atoms with Crippen LogP contribution in [0.15, 0.2) is 6.07 Å². The molecule has 2 rings (SSSR count). The number of aromatic nitrogens is 2. The predicted molar refractivity (Wildman–Crippen MR) is 66.6 cm³/mol. The predicted octanol–water partition coefficient (Wildman–Crippen LogP) is -0.105. The zero-order valence-corrected chi connectivity index (χ0v) is 11.0. The summed E-state index contributed by atoms with van der Waals surface area (Å²) in [5.74, 6) is -0.613. The standard InChI is InChI=1S/C11H13ClN4O3/c1-19-10(18)8-4-6(15-11(12)16-8)5-14-7-2-3-13-9(7)17/h4,7,14H,2-3,5H2,1H3,(H,13,17)/t7-/m0/s1. The van der Waals surface area contributed by atoms with Crippen molar-refractivity contribution >= 4 is 23.5 Å². The smallest absolute Gasteiger partial charge is 0.356 e. The number of esters is 1. The first-order valence-corrected chi connectivity index (χ1v) is 6.11. The topological polar surface area (TPSA) is 93.2 Å². The third-order valence-corrected chi connectivity index (χ3v) is 2.89. The molecule has 0 aromatic carbocycles. The molecule has 1 saturated heterocycles. The minimum Gasteiger partial charge on any atom is -0.464 e. The molecule has 0 saturated carbocycles. The molecule has 7 nitrogen and oxygen atoms in total. The van der Waals surface area contributed by atoms with Crippen LogP contribution in [0.25, 0.3) is 0 Å². The van der Waals surface area contributed by atoms with Gasteiger partial charge in [-0.15, -0.1) is 0 Å². The molecule has 1 fully saturated rings. The van der Waals surface area contributed by atoms with Crippen LogP contribution in [0, 0.1) is 0 Å². The third kappa shape index (κ3) is 3.39. The average Bonchev–Trinajstić information content (AvgIpc) is 2.80. The third-order valence-electron chi connectivity index (χ3n) is 2.72. The fourth-order valence-electron chi connectivity index (χ4n) is 1.78. The second-order valence-electron chi connectivity index (χ2n) is 4.02. The Morgan fingerprint density at radius 1 is 1.63 bits per heavy atom. The lowest BCUT2D eigenvalue weighted by atomic mass is 10.2. The Hall–Kier alpha value is -1.73. The van der Waals surface area contributed by atoms with Crippen LogP contribution in [0.1, 0.15) is 22.6 Å². The maximum Gasteiger partial charge on any atom is 0.356 e. The van der Waals surface area contributed by atoms with E-state index in [1.54, 1.807) is 0 Å². The fraction of sp³-hybridized carbons (Fsp3) is 0.455. The van der Waals surface area contributed by atoms with Gasteiger partial charge in [0.05, 0.1) is 18.8 Å². The Labute approximate surface area is 114 Å². The highest BCUT2D eigenvalue weighted by atomic mass is 35.5. The van der Waals surface area contributed by atoms with Gasteiger partial charge in [0.15, 0.2) is 5.69 Å². The number of rotatable bonds is 4. The molecule has 2 N–H and O–H groups in total. The lowest BCUT2D eigenvalue weighted by molar-refractivity contribution is -0.120. The van der Waals surface area contributed by atoms with Gasteiger partial charge < -0.3 is 15.4 Å². The lowest BCUT2D eigenvalue weighted by Crippen LogP contribution is -2.35. The molecule has 0 radical (unpaired) electrons. The molecule has 102 valence electrons. The van der Waals surface area contributed by atoms with Crippen molar-refractivity contribution in [1.29, 1.82) is 0 Å². The van der Waals surface area contributed by atoms with Gasteiger partial charge in [-0.3, -0.25) is 4.79 Å². The number of methoxy groups -OCH3 is 1. The van der Waals surface area contributed by atoms with Crippen LogP contribution in [-0.2, 0) is 16.1 Å². The van der Waals surface area contributed by atoms with Crippen LogP contribution in [0.2, 0.25) is 5.28 Å². The highest BCUT2D eigenvalue weighted by molar-refractivity contribution is 6.28. The summed E-state index contributed by atoms with van der Waals surface area (Å²) in [6.45, 7) is 0.985. The van der Waals surface area contributed by atoms with Gasteiger partial charge in [0.2, 0.25) is 11.2 Å². The molecular weight excluding hydrogens is 272 g/mol. The van der Waals surface area contributed by atoms with Gasteiger partial charge in [-0.2, -0.15) is 0 Å². The Balaban J connectivity index is 2.05. The Bertz CT molecular complexity index is 509. The maximum absolute atomic E-state index is 11.4. The number of carbonyl (C=O) groups excluding carboxylic acids is 2. The first-order valence-electron chi connectivity index (χ1n) is 5.73. The van der Waals surface area contributed by atoms with E-state index < -0.39 is 5.97 Å². The summed E-state index contributed by atoms with van der Waals surface area (Å²) in [4.78, 5) is 30.5. The van der Waals surface area contributed by atoms with E-state index in [2.05, 4.69) is 25.3 Å². The number of hydrogen-bond donors (Lipinski definition) is 2. The largest absolute Gasteiger partial charge is 0.464 e. The van der Waals surface area contributed by atoms with E-state index in [0.29, 0.717) is 18.8 Å². The van der Waals surface area contributed by atoms with Gasteiger partial charge in [-0.1, -0.05) is 0 Å². The number of nitrogens with one attached hydrogen (secondary N) is 2. The van der Waals surface area contributed by atoms with Crippen molar-refractivity contribution in [3.05, 3.63) is 22.7 Å². The molecule has 0 unspecified atom stereocenters. The van der Waals surface area contributed by atoms with Crippen LogP contribution >= 0.6 is 11.6 Å². The first kappa shape index (κ1) is 13.7. The average molecular weight is 285 g/mol. The zero-order valence-electron chi connectivity index (χ0n) is 10.3. The molecular formula is C11H13ClN4O3. The van der Waals surface area contributed by atoms with E-state index in [1.807, 2.05) is 0 Å². The summed E-state index contributed by atoms with van der Waals surface area (Å²) in [5.41, 5.74) is 0.621. The summed E-state index contributed by atoms with van der Waals surface area (Å²) in [5, 5.41) is 5.74. The van der Waals surface area contributed by atoms with Crippen LogP contribution in [0.3, 0.4) is 0 Å². The Kier molecular flexibility index (Phi) is 4.28. The molecule has 0 aliphatic carbocycles. The van der Waals surface area contributed by atoms with E-state index >= 15 is 0 Å². The van der Waals surface area contributed by atoms with Gasteiger partial charge in [-0.05, 0) is 24.1 Å². The van der Waals surface area contributed by atoms with Crippen molar-refractivity contribution in [2.75, 3.05) is 13.7 Å². The van der Waals surface area contributed by atoms with E-state index in [1.165, 1.54) is 13.2 Å². The van der Waals surface area contributed by atoms with Crippen LogP contribution < -0.4 is 10.6 Å². The van der Waals surface area contributed by atoms with Crippen molar-refractivity contribution in [2.45, 2.75) is 19.0 Å². The van der Waals surface area contributed by atoms with Crippen LogP contribution in [0.4, 0.5) is 0 Å². The number of carbonyl (C=O) groups is 2. The van der Waals surface area contributed by atoms with E-state index in [0.717, 1.165) is 6.42 Å². The van der Waals surface area contributed by atoms with Gasteiger partial charge in [0, 0.05) is 13.1 Å². The van der Waals surface area contributed by atoms with E-state index in [9.17, 15) is 9.59 Å². The summed E-state index contributed by atoms with van der Waals surface area (Å²) in [6, 6.07) is 1.24. The molecule has 2 heterocycles. The Morgan fingerprint density at radius 2 is 2.42 bits per heavy atom. The normalized spacial score (nSPS) is 18.2.